The van der Waals surface area contributed by atoms with Crippen LogP contribution in [-0.4, -0.2) is 40.7 Å². The van der Waals surface area contributed by atoms with Crippen LogP contribution in [0.5, 0.6) is 17.2 Å². The van der Waals surface area contributed by atoms with Crippen molar-refractivity contribution in [1.29, 1.82) is 0 Å². The molecule has 0 heterocycles. The first-order valence-electron chi connectivity index (χ1n) is 7.13. The van der Waals surface area contributed by atoms with Crippen LogP contribution in [0.1, 0.15) is 17.3 Å². The van der Waals surface area contributed by atoms with E-state index in [0.717, 1.165) is 0 Å². The van der Waals surface area contributed by atoms with Crippen molar-refractivity contribution < 1.29 is 28.5 Å². The molecule has 2 rings (SSSR count). The molecule has 0 amide bonds. The van der Waals surface area contributed by atoms with E-state index >= 15 is 0 Å². The van der Waals surface area contributed by atoms with Crippen molar-refractivity contribution in [2.75, 3.05) is 34.7 Å². The lowest BCUT2D eigenvalue weighted by Gasteiger charge is -2.15. The molecule has 0 bridgehead atoms. The van der Waals surface area contributed by atoms with Gasteiger partial charge in [0.25, 0.3) is 0 Å². The molecule has 0 aliphatic heterocycles. The minimum absolute atomic E-state index is 0.0434. The fourth-order valence-corrected chi connectivity index (χ4v) is 2.31. The minimum atomic E-state index is -0.429. The molecule has 124 valence electrons. The van der Waals surface area contributed by atoms with Crippen molar-refractivity contribution in [3.8, 4) is 17.2 Å². The summed E-state index contributed by atoms with van der Waals surface area (Å²) in [6, 6.07) is 6.87. The molecule has 2 aromatic carbocycles. The summed E-state index contributed by atoms with van der Waals surface area (Å²) in [6.45, 7) is 2.09. The number of methoxy groups -OCH3 is 3. The minimum Gasteiger partial charge on any atom is -0.496 e. The van der Waals surface area contributed by atoms with E-state index in [0.29, 0.717) is 40.2 Å². The highest BCUT2D eigenvalue weighted by Gasteiger charge is 2.18. The first-order valence-corrected chi connectivity index (χ1v) is 7.13. The predicted molar refractivity (Wildman–Crippen MR) is 85.5 cm³/mol. The van der Waals surface area contributed by atoms with Gasteiger partial charge in [-0.15, -0.1) is 0 Å². The summed E-state index contributed by atoms with van der Waals surface area (Å²) in [6.07, 6.45) is 0. The summed E-state index contributed by atoms with van der Waals surface area (Å²) >= 11 is 0. The van der Waals surface area contributed by atoms with E-state index in [9.17, 15) is 4.79 Å². The monoisotopic (exact) mass is 320 g/mol. The molecule has 0 radical (unpaired) electrons. The molecule has 2 aromatic rings. The van der Waals surface area contributed by atoms with Crippen molar-refractivity contribution in [2.45, 2.75) is 6.92 Å². The lowest BCUT2D eigenvalue weighted by atomic mass is 10.0. The van der Waals surface area contributed by atoms with Gasteiger partial charge in [0.1, 0.15) is 17.2 Å². The van der Waals surface area contributed by atoms with Crippen molar-refractivity contribution in [3.63, 3.8) is 0 Å². The number of ether oxygens (including phenoxy) is 5. The Hall–Kier alpha value is -2.47. The van der Waals surface area contributed by atoms with Crippen LogP contribution in [0.4, 0.5) is 0 Å². The zero-order chi connectivity index (χ0) is 16.8. The summed E-state index contributed by atoms with van der Waals surface area (Å²) in [4.78, 5) is 12.1. The Labute approximate surface area is 134 Å². The van der Waals surface area contributed by atoms with Crippen LogP contribution >= 0.6 is 0 Å². The Morgan fingerprint density at radius 2 is 1.70 bits per heavy atom. The Balaban J connectivity index is 2.71. The second-order valence-electron chi connectivity index (χ2n) is 4.64. The van der Waals surface area contributed by atoms with E-state index < -0.39 is 5.97 Å². The lowest BCUT2D eigenvalue weighted by Crippen LogP contribution is -2.07. The average Bonchev–Trinajstić information content (AvgIpc) is 2.58. The average molecular weight is 320 g/mol. The number of esters is 1. The molecule has 0 unspecified atom stereocenters. The van der Waals surface area contributed by atoms with E-state index in [2.05, 4.69) is 0 Å². The maximum absolute atomic E-state index is 12.1. The fourth-order valence-electron chi connectivity index (χ4n) is 2.31. The van der Waals surface area contributed by atoms with Gasteiger partial charge in [-0.3, -0.25) is 0 Å². The van der Waals surface area contributed by atoms with E-state index in [1.165, 1.54) is 7.11 Å². The molecule has 0 aliphatic carbocycles. The number of benzene rings is 2. The van der Waals surface area contributed by atoms with Crippen LogP contribution < -0.4 is 14.2 Å². The van der Waals surface area contributed by atoms with Crippen LogP contribution in [0.2, 0.25) is 0 Å². The molecule has 23 heavy (non-hydrogen) atoms. The molecule has 0 N–H and O–H groups in total. The summed E-state index contributed by atoms with van der Waals surface area (Å²) in [5.74, 6) is 1.25. The second-order valence-corrected chi connectivity index (χ2v) is 4.64. The SMILES string of the molecule is CCOC(=O)c1cc(OCOC)c2c(OC)ccc(OC)c2c1. The maximum atomic E-state index is 12.1. The standard InChI is InChI=1S/C17H20O6/c1-5-22-17(18)11-8-12-13(20-3)6-7-14(21-4)16(12)15(9-11)23-10-19-2/h6-9H,5,10H2,1-4H3. The number of rotatable bonds is 7. The molecular weight excluding hydrogens is 300 g/mol. The molecular formula is C17H20O6. The van der Waals surface area contributed by atoms with Crippen LogP contribution in [0.15, 0.2) is 24.3 Å². The molecule has 0 spiro atoms. The summed E-state index contributed by atoms with van der Waals surface area (Å²) in [7, 11) is 4.66. The van der Waals surface area contributed by atoms with Crippen LogP contribution in [0, 0.1) is 0 Å². The predicted octanol–water partition coefficient (Wildman–Crippen LogP) is 3.02. The van der Waals surface area contributed by atoms with Gasteiger partial charge in [-0.2, -0.15) is 0 Å². The third kappa shape index (κ3) is 3.48. The third-order valence-electron chi connectivity index (χ3n) is 3.28. The van der Waals surface area contributed by atoms with E-state index in [1.807, 2.05) is 0 Å². The number of carbonyl (C=O) groups excluding carboxylic acids is 1. The third-order valence-corrected chi connectivity index (χ3v) is 3.28. The summed E-state index contributed by atoms with van der Waals surface area (Å²) < 4.78 is 26.4. The molecule has 0 aliphatic rings. The van der Waals surface area contributed by atoms with Gasteiger partial charge in [-0.25, -0.2) is 4.79 Å². The van der Waals surface area contributed by atoms with Crippen molar-refractivity contribution in [3.05, 3.63) is 29.8 Å². The van der Waals surface area contributed by atoms with Gasteiger partial charge in [0.15, 0.2) is 6.79 Å². The second kappa shape index (κ2) is 7.69. The highest BCUT2D eigenvalue weighted by Crippen LogP contribution is 2.40. The van der Waals surface area contributed by atoms with Crippen molar-refractivity contribution >= 4 is 16.7 Å². The van der Waals surface area contributed by atoms with Crippen LogP contribution in [-0.2, 0) is 9.47 Å². The van der Waals surface area contributed by atoms with Crippen molar-refractivity contribution in [1.82, 2.24) is 0 Å². The Kier molecular flexibility index (Phi) is 5.65. The van der Waals surface area contributed by atoms with Gasteiger partial charge in [0.05, 0.1) is 31.8 Å². The van der Waals surface area contributed by atoms with Gasteiger partial charge in [0, 0.05) is 12.5 Å². The first kappa shape index (κ1) is 16.9. The normalized spacial score (nSPS) is 10.4. The molecule has 6 nitrogen and oxygen atoms in total. The number of fused-ring (bicyclic) bond motifs is 1. The zero-order valence-corrected chi connectivity index (χ0v) is 13.7. The van der Waals surface area contributed by atoms with Gasteiger partial charge in [-0.05, 0) is 31.2 Å². The topological polar surface area (TPSA) is 63.2 Å². The highest BCUT2D eigenvalue weighted by molar-refractivity contribution is 6.03. The van der Waals surface area contributed by atoms with Crippen LogP contribution in [0.25, 0.3) is 10.8 Å². The molecule has 0 aromatic heterocycles. The highest BCUT2D eigenvalue weighted by atomic mass is 16.7. The van der Waals surface area contributed by atoms with Crippen molar-refractivity contribution in [2.24, 2.45) is 0 Å². The molecule has 0 saturated carbocycles. The quantitative estimate of drug-likeness (QED) is 0.577. The molecule has 0 atom stereocenters. The molecule has 6 heteroatoms. The summed E-state index contributed by atoms with van der Waals surface area (Å²) in [5.41, 5.74) is 0.372. The van der Waals surface area contributed by atoms with E-state index in [-0.39, 0.29) is 6.79 Å². The molecule has 0 saturated heterocycles. The summed E-state index contributed by atoms with van der Waals surface area (Å²) in [5, 5.41) is 1.40. The van der Waals surface area contributed by atoms with Gasteiger partial charge < -0.3 is 23.7 Å². The number of hydrogen-bond donors (Lipinski definition) is 0. The Morgan fingerprint density at radius 3 is 2.30 bits per heavy atom. The maximum Gasteiger partial charge on any atom is 0.338 e. The lowest BCUT2D eigenvalue weighted by molar-refractivity contribution is 0.0497. The van der Waals surface area contributed by atoms with Gasteiger partial charge in [-0.1, -0.05) is 0 Å². The Bertz CT molecular complexity index is 695. The number of hydrogen-bond acceptors (Lipinski definition) is 6. The van der Waals surface area contributed by atoms with Gasteiger partial charge in [0.2, 0.25) is 0 Å². The Morgan fingerprint density at radius 1 is 1.00 bits per heavy atom. The largest absolute Gasteiger partial charge is 0.496 e. The van der Waals surface area contributed by atoms with Gasteiger partial charge >= 0.3 is 5.97 Å². The van der Waals surface area contributed by atoms with Crippen LogP contribution in [0.3, 0.4) is 0 Å². The smallest absolute Gasteiger partial charge is 0.338 e. The first-order chi connectivity index (χ1) is 11.2. The fraction of sp³-hybridized carbons (Fsp3) is 0.353. The van der Waals surface area contributed by atoms with E-state index in [4.69, 9.17) is 23.7 Å². The zero-order valence-electron chi connectivity index (χ0n) is 13.7. The van der Waals surface area contributed by atoms with E-state index in [1.54, 1.807) is 45.4 Å². The number of carbonyl (C=O) groups is 1. The molecule has 0 fully saturated rings.